The van der Waals surface area contributed by atoms with Gasteiger partial charge in [-0.2, -0.15) is 0 Å². The Kier molecular flexibility index (Phi) is 10.5. The molecular weight excluding hydrogens is 412 g/mol. The standard InChI is InChI=1S/2C11H15NO.C2H2O4/c2*1-13-11-4-2-3-9(7-11)10-5-6-12-8-10;3-1(4)2(5)6/h2*2-4,7,10,12H,5-6,8H2,1H3;(H,3,4)(H,5,6). The van der Waals surface area contributed by atoms with E-state index in [2.05, 4.69) is 47.0 Å². The Morgan fingerprint density at radius 3 is 1.47 bits per heavy atom. The molecule has 4 rings (SSSR count). The van der Waals surface area contributed by atoms with E-state index >= 15 is 0 Å². The summed E-state index contributed by atoms with van der Waals surface area (Å²) in [5.74, 6) is -0.371. The van der Waals surface area contributed by atoms with E-state index in [4.69, 9.17) is 29.3 Å². The highest BCUT2D eigenvalue weighted by atomic mass is 16.5. The predicted molar refractivity (Wildman–Crippen MR) is 122 cm³/mol. The summed E-state index contributed by atoms with van der Waals surface area (Å²) in [5, 5.41) is 21.5. The predicted octanol–water partition coefficient (Wildman–Crippen LogP) is 2.70. The Labute approximate surface area is 188 Å². The van der Waals surface area contributed by atoms with Gasteiger partial charge in [0.2, 0.25) is 0 Å². The van der Waals surface area contributed by atoms with E-state index in [1.165, 1.54) is 24.0 Å². The van der Waals surface area contributed by atoms with Gasteiger partial charge in [0.15, 0.2) is 0 Å². The quantitative estimate of drug-likeness (QED) is 0.532. The number of hydrogen-bond acceptors (Lipinski definition) is 6. The monoisotopic (exact) mass is 444 g/mol. The average Bonchev–Trinajstić information content (AvgIpc) is 3.55. The summed E-state index contributed by atoms with van der Waals surface area (Å²) in [6.45, 7) is 4.49. The van der Waals surface area contributed by atoms with Gasteiger partial charge in [-0.25, -0.2) is 9.59 Å². The van der Waals surface area contributed by atoms with Crippen molar-refractivity contribution in [3.8, 4) is 11.5 Å². The summed E-state index contributed by atoms with van der Waals surface area (Å²) in [6.07, 6.45) is 2.49. The van der Waals surface area contributed by atoms with Crippen LogP contribution in [-0.2, 0) is 9.59 Å². The van der Waals surface area contributed by atoms with Crippen molar-refractivity contribution in [1.82, 2.24) is 10.6 Å². The molecular formula is C24H32N2O6. The Morgan fingerprint density at radius 2 is 1.19 bits per heavy atom. The fraction of sp³-hybridized carbons (Fsp3) is 0.417. The molecule has 0 amide bonds. The van der Waals surface area contributed by atoms with Crippen LogP contribution in [-0.4, -0.2) is 62.6 Å². The molecule has 0 aliphatic carbocycles. The molecule has 8 nitrogen and oxygen atoms in total. The summed E-state index contributed by atoms with van der Waals surface area (Å²) >= 11 is 0. The minimum Gasteiger partial charge on any atom is -0.497 e. The molecule has 0 saturated carbocycles. The Hall–Kier alpha value is -3.10. The van der Waals surface area contributed by atoms with Crippen LogP contribution in [0.3, 0.4) is 0 Å². The van der Waals surface area contributed by atoms with E-state index in [1.54, 1.807) is 14.2 Å². The number of aliphatic carboxylic acids is 2. The molecule has 0 spiro atoms. The van der Waals surface area contributed by atoms with Gasteiger partial charge in [-0.1, -0.05) is 24.3 Å². The molecule has 2 aromatic carbocycles. The number of benzene rings is 2. The Morgan fingerprint density at radius 1 is 0.781 bits per heavy atom. The summed E-state index contributed by atoms with van der Waals surface area (Å²) in [6, 6.07) is 16.7. The Balaban J connectivity index is 0.000000183. The van der Waals surface area contributed by atoms with Crippen molar-refractivity contribution in [2.75, 3.05) is 40.4 Å². The van der Waals surface area contributed by atoms with Crippen LogP contribution in [0.5, 0.6) is 11.5 Å². The minimum absolute atomic E-state index is 0.676. The lowest BCUT2D eigenvalue weighted by Crippen LogP contribution is -2.09. The van der Waals surface area contributed by atoms with Crippen molar-refractivity contribution in [2.24, 2.45) is 0 Å². The molecule has 32 heavy (non-hydrogen) atoms. The van der Waals surface area contributed by atoms with Crippen molar-refractivity contribution < 1.29 is 29.3 Å². The van der Waals surface area contributed by atoms with Gasteiger partial charge in [0, 0.05) is 13.1 Å². The highest BCUT2D eigenvalue weighted by Gasteiger charge is 2.17. The van der Waals surface area contributed by atoms with Crippen LogP contribution in [0.15, 0.2) is 48.5 Å². The van der Waals surface area contributed by atoms with Crippen molar-refractivity contribution in [3.63, 3.8) is 0 Å². The third-order valence-electron chi connectivity index (χ3n) is 5.43. The van der Waals surface area contributed by atoms with Gasteiger partial charge in [-0.05, 0) is 73.2 Å². The number of hydrogen-bond donors (Lipinski definition) is 4. The van der Waals surface area contributed by atoms with Crippen LogP contribution in [0, 0.1) is 0 Å². The highest BCUT2D eigenvalue weighted by Crippen LogP contribution is 2.26. The van der Waals surface area contributed by atoms with Crippen LogP contribution in [0.4, 0.5) is 0 Å². The van der Waals surface area contributed by atoms with Crippen LogP contribution < -0.4 is 20.1 Å². The SMILES string of the molecule is COc1cccc(C2CCNC2)c1.COc1cccc(C2CCNC2)c1.O=C(O)C(=O)O. The van der Waals surface area contributed by atoms with Crippen LogP contribution in [0.2, 0.25) is 0 Å². The van der Waals surface area contributed by atoms with Crippen molar-refractivity contribution in [3.05, 3.63) is 59.7 Å². The molecule has 8 heteroatoms. The summed E-state index contributed by atoms with van der Waals surface area (Å²) in [4.78, 5) is 18.2. The van der Waals surface area contributed by atoms with Gasteiger partial charge in [-0.15, -0.1) is 0 Å². The Bertz CT molecular complexity index is 790. The first-order valence-corrected chi connectivity index (χ1v) is 10.6. The van der Waals surface area contributed by atoms with E-state index in [0.29, 0.717) is 11.8 Å². The first-order chi connectivity index (χ1) is 15.4. The maximum Gasteiger partial charge on any atom is 0.414 e. The molecule has 2 aliphatic heterocycles. The van der Waals surface area contributed by atoms with E-state index in [1.807, 2.05) is 12.1 Å². The molecule has 2 heterocycles. The highest BCUT2D eigenvalue weighted by molar-refractivity contribution is 6.27. The van der Waals surface area contributed by atoms with E-state index < -0.39 is 11.9 Å². The first kappa shape index (κ1) is 25.2. The summed E-state index contributed by atoms with van der Waals surface area (Å²) in [7, 11) is 3.43. The zero-order valence-electron chi connectivity index (χ0n) is 18.5. The summed E-state index contributed by atoms with van der Waals surface area (Å²) < 4.78 is 10.4. The topological polar surface area (TPSA) is 117 Å². The van der Waals surface area contributed by atoms with Crippen LogP contribution in [0.1, 0.15) is 35.8 Å². The number of carboxylic acid groups (broad SMARTS) is 2. The third kappa shape index (κ3) is 8.20. The van der Waals surface area contributed by atoms with E-state index in [0.717, 1.165) is 37.7 Å². The second kappa shape index (κ2) is 13.3. The van der Waals surface area contributed by atoms with Crippen molar-refractivity contribution in [1.29, 1.82) is 0 Å². The molecule has 174 valence electrons. The lowest BCUT2D eigenvalue weighted by molar-refractivity contribution is -0.159. The molecule has 2 fully saturated rings. The van der Waals surface area contributed by atoms with Gasteiger partial charge in [0.05, 0.1) is 14.2 Å². The lowest BCUT2D eigenvalue weighted by Gasteiger charge is -2.09. The summed E-state index contributed by atoms with van der Waals surface area (Å²) in [5.41, 5.74) is 2.79. The van der Waals surface area contributed by atoms with Crippen molar-refractivity contribution in [2.45, 2.75) is 24.7 Å². The zero-order valence-corrected chi connectivity index (χ0v) is 18.5. The van der Waals surface area contributed by atoms with E-state index in [9.17, 15) is 0 Å². The van der Waals surface area contributed by atoms with Gasteiger partial charge in [0.25, 0.3) is 0 Å². The molecule has 0 radical (unpaired) electrons. The largest absolute Gasteiger partial charge is 0.497 e. The number of carbonyl (C=O) groups is 2. The van der Waals surface area contributed by atoms with Gasteiger partial charge in [0.1, 0.15) is 11.5 Å². The minimum atomic E-state index is -1.82. The van der Waals surface area contributed by atoms with Gasteiger partial charge >= 0.3 is 11.9 Å². The number of methoxy groups -OCH3 is 2. The fourth-order valence-electron chi connectivity index (χ4n) is 3.67. The fourth-order valence-corrected chi connectivity index (χ4v) is 3.67. The molecule has 2 atom stereocenters. The van der Waals surface area contributed by atoms with Crippen LogP contribution in [0.25, 0.3) is 0 Å². The zero-order chi connectivity index (χ0) is 23.3. The maximum absolute atomic E-state index is 9.10. The molecule has 0 aromatic heterocycles. The van der Waals surface area contributed by atoms with Crippen LogP contribution >= 0.6 is 0 Å². The molecule has 2 saturated heterocycles. The second-order valence-corrected chi connectivity index (χ2v) is 7.54. The average molecular weight is 445 g/mol. The molecule has 4 N–H and O–H groups in total. The van der Waals surface area contributed by atoms with E-state index in [-0.39, 0.29) is 0 Å². The molecule has 0 bridgehead atoms. The first-order valence-electron chi connectivity index (χ1n) is 10.6. The smallest absolute Gasteiger partial charge is 0.414 e. The molecule has 2 aromatic rings. The number of carboxylic acids is 2. The third-order valence-corrected chi connectivity index (χ3v) is 5.43. The molecule has 2 aliphatic rings. The second-order valence-electron chi connectivity index (χ2n) is 7.54. The number of nitrogens with one attached hydrogen (secondary N) is 2. The number of ether oxygens (including phenoxy) is 2. The normalized spacial score (nSPS) is 19.1. The molecule has 2 unspecified atom stereocenters. The van der Waals surface area contributed by atoms with Gasteiger partial charge < -0.3 is 30.3 Å². The van der Waals surface area contributed by atoms with Crippen molar-refractivity contribution >= 4 is 11.9 Å². The van der Waals surface area contributed by atoms with Gasteiger partial charge in [-0.3, -0.25) is 0 Å². The number of rotatable bonds is 4. The maximum atomic E-state index is 9.10. The lowest BCUT2D eigenvalue weighted by atomic mass is 9.98.